The van der Waals surface area contributed by atoms with Crippen molar-refractivity contribution < 1.29 is 4.79 Å². The highest BCUT2D eigenvalue weighted by atomic mass is 16.1. The molecule has 22 heavy (non-hydrogen) atoms. The lowest BCUT2D eigenvalue weighted by Gasteiger charge is -2.23. The van der Waals surface area contributed by atoms with E-state index >= 15 is 0 Å². The van der Waals surface area contributed by atoms with Gasteiger partial charge in [-0.2, -0.15) is 5.10 Å². The highest BCUT2D eigenvalue weighted by Gasteiger charge is 2.19. The smallest absolute Gasteiger partial charge is 0.229 e. The number of benzene rings is 1. The van der Waals surface area contributed by atoms with E-state index in [4.69, 9.17) is 0 Å². The number of hydrogen-bond donors (Lipinski definition) is 1. The van der Waals surface area contributed by atoms with Gasteiger partial charge in [-0.05, 0) is 25.3 Å². The van der Waals surface area contributed by atoms with Gasteiger partial charge in [0.15, 0.2) is 0 Å². The molecule has 4 nitrogen and oxygen atoms in total. The van der Waals surface area contributed by atoms with E-state index in [9.17, 15) is 4.79 Å². The van der Waals surface area contributed by atoms with Gasteiger partial charge < -0.3 is 5.32 Å². The Hall–Kier alpha value is -2.10. The number of amides is 1. The molecule has 0 atom stereocenters. The van der Waals surface area contributed by atoms with Crippen LogP contribution in [0.4, 0.5) is 5.82 Å². The summed E-state index contributed by atoms with van der Waals surface area (Å²) >= 11 is 0. The molecule has 0 aliphatic heterocycles. The first kappa shape index (κ1) is 14.8. The third-order valence-corrected chi connectivity index (χ3v) is 4.34. The fraction of sp³-hybridized carbons (Fsp3) is 0.444. The molecule has 1 aliphatic carbocycles. The van der Waals surface area contributed by atoms with Crippen LogP contribution < -0.4 is 5.32 Å². The average molecular weight is 297 g/mol. The molecule has 0 saturated heterocycles. The Balaban J connectivity index is 1.64. The zero-order chi connectivity index (χ0) is 15.4. The molecule has 0 bridgehead atoms. The van der Waals surface area contributed by atoms with Crippen molar-refractivity contribution in [3.63, 3.8) is 0 Å². The summed E-state index contributed by atoms with van der Waals surface area (Å²) in [4.78, 5) is 12.2. The third-order valence-electron chi connectivity index (χ3n) is 4.34. The van der Waals surface area contributed by atoms with Crippen LogP contribution >= 0.6 is 0 Å². The quantitative estimate of drug-likeness (QED) is 0.931. The third kappa shape index (κ3) is 3.56. The molecule has 116 valence electrons. The number of nitrogens with one attached hydrogen (secondary N) is 1. The molecule has 4 heteroatoms. The lowest BCUT2D eigenvalue weighted by molar-refractivity contribution is -0.115. The van der Waals surface area contributed by atoms with Crippen molar-refractivity contribution in [3.8, 4) is 0 Å². The Morgan fingerprint density at radius 3 is 2.64 bits per heavy atom. The van der Waals surface area contributed by atoms with Crippen LogP contribution in [0.25, 0.3) is 0 Å². The van der Waals surface area contributed by atoms with Crippen LogP contribution in [-0.2, 0) is 11.2 Å². The Labute approximate surface area is 131 Å². The van der Waals surface area contributed by atoms with Gasteiger partial charge in [-0.3, -0.25) is 4.79 Å². The van der Waals surface area contributed by atoms with Crippen molar-refractivity contribution in [2.75, 3.05) is 5.32 Å². The minimum Gasteiger partial charge on any atom is -0.311 e. The monoisotopic (exact) mass is 297 g/mol. The van der Waals surface area contributed by atoms with Crippen LogP contribution in [0.3, 0.4) is 0 Å². The molecular formula is C18H23N3O. The molecule has 1 fully saturated rings. The molecule has 0 radical (unpaired) electrons. The van der Waals surface area contributed by atoms with Crippen LogP contribution in [0.1, 0.15) is 49.3 Å². The van der Waals surface area contributed by atoms with Gasteiger partial charge in [0.1, 0.15) is 5.82 Å². The standard InChI is InChI=1S/C18H23N3O/c1-14-7-9-15(10-8-14)13-18(22)20-17-11-12-19-21(17)16-5-3-2-4-6-16/h7-12,16H,2-6,13H2,1H3,(H,20,22). The summed E-state index contributed by atoms with van der Waals surface area (Å²) in [5.41, 5.74) is 2.24. The van der Waals surface area contributed by atoms with E-state index in [0.29, 0.717) is 12.5 Å². The summed E-state index contributed by atoms with van der Waals surface area (Å²) in [7, 11) is 0. The average Bonchev–Trinajstić information content (AvgIpc) is 2.98. The zero-order valence-electron chi connectivity index (χ0n) is 13.1. The largest absolute Gasteiger partial charge is 0.311 e. The second kappa shape index (κ2) is 6.77. The van der Waals surface area contributed by atoms with Crippen LogP contribution in [-0.4, -0.2) is 15.7 Å². The molecule has 1 aromatic heterocycles. The number of carbonyl (C=O) groups is 1. The first-order valence-electron chi connectivity index (χ1n) is 8.11. The Morgan fingerprint density at radius 2 is 1.91 bits per heavy atom. The normalized spacial score (nSPS) is 15.7. The van der Waals surface area contributed by atoms with Gasteiger partial charge in [0, 0.05) is 6.07 Å². The maximum absolute atomic E-state index is 12.2. The molecule has 2 aromatic rings. The van der Waals surface area contributed by atoms with Crippen LogP contribution in [0.15, 0.2) is 36.5 Å². The number of aryl methyl sites for hydroxylation is 1. The maximum Gasteiger partial charge on any atom is 0.229 e. The lowest BCUT2D eigenvalue weighted by atomic mass is 9.96. The minimum atomic E-state index is 0.0152. The van der Waals surface area contributed by atoms with Gasteiger partial charge in [0.2, 0.25) is 5.91 Å². The van der Waals surface area contributed by atoms with Crippen molar-refractivity contribution in [1.29, 1.82) is 0 Å². The summed E-state index contributed by atoms with van der Waals surface area (Å²) in [6, 6.07) is 10.4. The molecule has 0 unspecified atom stereocenters. The second-order valence-corrected chi connectivity index (χ2v) is 6.16. The number of anilines is 1. The van der Waals surface area contributed by atoms with Gasteiger partial charge in [-0.25, -0.2) is 4.68 Å². The number of aromatic nitrogens is 2. The molecular weight excluding hydrogens is 274 g/mol. The van der Waals surface area contributed by atoms with E-state index in [1.165, 1.54) is 24.8 Å². The van der Waals surface area contributed by atoms with E-state index in [1.807, 2.05) is 41.9 Å². The number of rotatable bonds is 4. The molecule has 1 N–H and O–H groups in total. The van der Waals surface area contributed by atoms with Crippen LogP contribution in [0, 0.1) is 6.92 Å². The van der Waals surface area contributed by atoms with Gasteiger partial charge >= 0.3 is 0 Å². The SMILES string of the molecule is Cc1ccc(CC(=O)Nc2ccnn2C2CCCCC2)cc1. The molecule has 0 spiro atoms. The molecule has 1 saturated carbocycles. The highest BCUT2D eigenvalue weighted by Crippen LogP contribution is 2.29. The van der Waals surface area contributed by atoms with Crippen LogP contribution in [0.2, 0.25) is 0 Å². The highest BCUT2D eigenvalue weighted by molar-refractivity contribution is 5.91. The van der Waals surface area contributed by atoms with E-state index < -0.39 is 0 Å². The fourth-order valence-electron chi connectivity index (χ4n) is 3.11. The summed E-state index contributed by atoms with van der Waals surface area (Å²) in [6.45, 7) is 2.05. The molecule has 1 aromatic carbocycles. The molecule has 1 aliphatic rings. The minimum absolute atomic E-state index is 0.0152. The van der Waals surface area contributed by atoms with Gasteiger partial charge in [-0.1, -0.05) is 49.1 Å². The zero-order valence-corrected chi connectivity index (χ0v) is 13.1. The predicted molar refractivity (Wildman–Crippen MR) is 87.9 cm³/mol. The van der Waals surface area contributed by atoms with E-state index in [2.05, 4.69) is 10.4 Å². The number of hydrogen-bond acceptors (Lipinski definition) is 2. The Bertz CT molecular complexity index is 624. The van der Waals surface area contributed by atoms with E-state index in [1.54, 1.807) is 6.20 Å². The van der Waals surface area contributed by atoms with E-state index in [-0.39, 0.29) is 5.91 Å². The van der Waals surface area contributed by atoms with Crippen LogP contribution in [0.5, 0.6) is 0 Å². The number of nitrogens with zero attached hydrogens (tertiary/aromatic N) is 2. The van der Waals surface area contributed by atoms with Crippen molar-refractivity contribution >= 4 is 11.7 Å². The van der Waals surface area contributed by atoms with Crippen molar-refractivity contribution in [1.82, 2.24) is 9.78 Å². The first-order valence-corrected chi connectivity index (χ1v) is 8.11. The van der Waals surface area contributed by atoms with Gasteiger partial charge in [0.05, 0.1) is 18.7 Å². The van der Waals surface area contributed by atoms with E-state index in [0.717, 1.165) is 24.2 Å². The summed E-state index contributed by atoms with van der Waals surface area (Å²) in [5, 5.41) is 7.43. The predicted octanol–water partition coefficient (Wildman–Crippen LogP) is 3.88. The Kier molecular flexibility index (Phi) is 4.56. The van der Waals surface area contributed by atoms with Crippen molar-refractivity contribution in [3.05, 3.63) is 47.7 Å². The first-order chi connectivity index (χ1) is 10.7. The lowest BCUT2D eigenvalue weighted by Crippen LogP contribution is -2.21. The summed E-state index contributed by atoms with van der Waals surface area (Å²) < 4.78 is 1.99. The topological polar surface area (TPSA) is 46.9 Å². The maximum atomic E-state index is 12.2. The van der Waals surface area contributed by atoms with Gasteiger partial charge in [-0.15, -0.1) is 0 Å². The number of carbonyl (C=O) groups excluding carboxylic acids is 1. The van der Waals surface area contributed by atoms with Crippen molar-refractivity contribution in [2.45, 2.75) is 51.5 Å². The summed E-state index contributed by atoms with van der Waals surface area (Å²) in [5.74, 6) is 0.838. The summed E-state index contributed by atoms with van der Waals surface area (Å²) in [6.07, 6.45) is 8.30. The molecule has 3 rings (SSSR count). The van der Waals surface area contributed by atoms with Crippen molar-refractivity contribution in [2.24, 2.45) is 0 Å². The molecule has 1 amide bonds. The Morgan fingerprint density at radius 1 is 1.18 bits per heavy atom. The van der Waals surface area contributed by atoms with Gasteiger partial charge in [0.25, 0.3) is 0 Å². The fourth-order valence-corrected chi connectivity index (χ4v) is 3.11. The second-order valence-electron chi connectivity index (χ2n) is 6.16. The molecule has 1 heterocycles.